The van der Waals surface area contributed by atoms with E-state index in [1.807, 2.05) is 0 Å². The predicted molar refractivity (Wildman–Crippen MR) is 45.4 cm³/mol. The van der Waals surface area contributed by atoms with Gasteiger partial charge in [0.15, 0.2) is 23.3 Å². The van der Waals surface area contributed by atoms with Crippen LogP contribution in [0.15, 0.2) is 18.2 Å². The molecule has 0 aliphatic rings. The zero-order valence-corrected chi connectivity index (χ0v) is 7.37. The van der Waals surface area contributed by atoms with E-state index < -0.39 is 23.3 Å². The average molecular weight is 206 g/mol. The largest absolute Gasteiger partial charge is 0.291 e. The molecule has 0 atom stereocenters. The van der Waals surface area contributed by atoms with Crippen molar-refractivity contribution in [2.24, 2.45) is 5.92 Å². The van der Waals surface area contributed by atoms with Gasteiger partial charge in [-0.3, -0.25) is 4.79 Å². The van der Waals surface area contributed by atoms with Crippen LogP contribution in [-0.2, 0) is 0 Å². The number of halogens is 2. The fraction of sp³-hybridized carbons (Fsp3) is 0.100. The lowest BCUT2D eigenvalue weighted by molar-refractivity contribution is 0.0970. The summed E-state index contributed by atoms with van der Waals surface area (Å²) < 4.78 is 25.2. The summed E-state index contributed by atoms with van der Waals surface area (Å²) >= 11 is 0. The Hall–Kier alpha value is -2.27. The number of nitriles is 2. The third-order valence-electron chi connectivity index (χ3n) is 1.72. The van der Waals surface area contributed by atoms with Crippen LogP contribution in [-0.4, -0.2) is 5.78 Å². The summed E-state index contributed by atoms with van der Waals surface area (Å²) in [6.45, 7) is 0. The molecule has 0 aromatic heterocycles. The van der Waals surface area contributed by atoms with Crippen molar-refractivity contribution in [1.29, 1.82) is 10.5 Å². The Bertz CT molecular complexity index is 471. The molecule has 0 spiro atoms. The summed E-state index contributed by atoms with van der Waals surface area (Å²) in [6, 6.07) is 5.38. The van der Waals surface area contributed by atoms with Crippen LogP contribution in [0.5, 0.6) is 0 Å². The maximum absolute atomic E-state index is 12.7. The summed E-state index contributed by atoms with van der Waals surface area (Å²) in [4.78, 5) is 11.3. The molecule has 0 radical (unpaired) electrons. The van der Waals surface area contributed by atoms with Gasteiger partial charge >= 0.3 is 0 Å². The van der Waals surface area contributed by atoms with Gasteiger partial charge in [0, 0.05) is 5.56 Å². The first-order valence-electron chi connectivity index (χ1n) is 3.88. The first-order valence-corrected chi connectivity index (χ1v) is 3.88. The van der Waals surface area contributed by atoms with Crippen molar-refractivity contribution < 1.29 is 13.6 Å². The molecule has 0 saturated carbocycles. The Morgan fingerprint density at radius 1 is 1.20 bits per heavy atom. The van der Waals surface area contributed by atoms with Crippen LogP contribution in [0.1, 0.15) is 10.4 Å². The topological polar surface area (TPSA) is 64.7 Å². The van der Waals surface area contributed by atoms with Gasteiger partial charge in [-0.1, -0.05) is 0 Å². The number of benzene rings is 1. The van der Waals surface area contributed by atoms with Gasteiger partial charge in [0.2, 0.25) is 0 Å². The highest BCUT2D eigenvalue weighted by Crippen LogP contribution is 2.12. The molecule has 0 amide bonds. The van der Waals surface area contributed by atoms with Crippen molar-refractivity contribution in [2.45, 2.75) is 0 Å². The van der Waals surface area contributed by atoms with Gasteiger partial charge in [-0.25, -0.2) is 8.78 Å². The Kier molecular flexibility index (Phi) is 3.10. The van der Waals surface area contributed by atoms with E-state index in [0.717, 1.165) is 12.1 Å². The van der Waals surface area contributed by atoms with Crippen molar-refractivity contribution in [1.82, 2.24) is 0 Å². The van der Waals surface area contributed by atoms with E-state index >= 15 is 0 Å². The average Bonchev–Trinajstić information content (AvgIpc) is 2.23. The van der Waals surface area contributed by atoms with Crippen molar-refractivity contribution >= 4 is 5.78 Å². The van der Waals surface area contributed by atoms with Gasteiger partial charge in [-0.15, -0.1) is 0 Å². The monoisotopic (exact) mass is 206 g/mol. The third-order valence-corrected chi connectivity index (χ3v) is 1.72. The number of hydrogen-bond donors (Lipinski definition) is 0. The lowest BCUT2D eigenvalue weighted by Gasteiger charge is -2.00. The number of carbonyl (C=O) groups is 1. The fourth-order valence-electron chi connectivity index (χ4n) is 0.962. The van der Waals surface area contributed by atoms with Crippen LogP contribution < -0.4 is 0 Å². The molecule has 0 saturated heterocycles. The normalized spacial score (nSPS) is 9.40. The van der Waals surface area contributed by atoms with Crippen LogP contribution in [0.3, 0.4) is 0 Å². The van der Waals surface area contributed by atoms with Crippen LogP contribution in [0, 0.1) is 40.2 Å². The molecule has 1 rings (SSSR count). The van der Waals surface area contributed by atoms with Crippen LogP contribution >= 0.6 is 0 Å². The summed E-state index contributed by atoms with van der Waals surface area (Å²) in [6.07, 6.45) is 0. The molecule has 5 heteroatoms. The predicted octanol–water partition coefficient (Wildman–Crippen LogP) is 1.81. The molecule has 0 aliphatic carbocycles. The Labute approximate surface area is 84.2 Å². The summed E-state index contributed by atoms with van der Waals surface area (Å²) in [5, 5.41) is 16.8. The van der Waals surface area contributed by atoms with Crippen LogP contribution in [0.25, 0.3) is 0 Å². The van der Waals surface area contributed by atoms with E-state index in [-0.39, 0.29) is 5.56 Å². The molecule has 1 aromatic rings. The quantitative estimate of drug-likeness (QED) is 0.693. The second kappa shape index (κ2) is 4.30. The van der Waals surface area contributed by atoms with E-state index in [2.05, 4.69) is 0 Å². The highest BCUT2D eigenvalue weighted by atomic mass is 19.2. The Morgan fingerprint density at radius 3 is 2.27 bits per heavy atom. The third kappa shape index (κ3) is 2.15. The molecule has 0 fully saturated rings. The van der Waals surface area contributed by atoms with Crippen molar-refractivity contribution in [3.05, 3.63) is 35.4 Å². The Balaban J connectivity index is 3.09. The Morgan fingerprint density at radius 2 is 1.80 bits per heavy atom. The van der Waals surface area contributed by atoms with E-state index in [0.29, 0.717) is 6.07 Å². The number of Topliss-reactive ketones (excluding diaryl/α,β-unsaturated/α-hetero) is 1. The highest BCUT2D eigenvalue weighted by Gasteiger charge is 2.19. The molecule has 0 aliphatic heterocycles. The first-order chi connectivity index (χ1) is 7.10. The van der Waals surface area contributed by atoms with Gasteiger partial charge < -0.3 is 0 Å². The molecule has 0 bridgehead atoms. The summed E-state index contributed by atoms with van der Waals surface area (Å²) in [7, 11) is 0. The second-order valence-electron chi connectivity index (χ2n) is 2.68. The second-order valence-corrected chi connectivity index (χ2v) is 2.68. The zero-order chi connectivity index (χ0) is 11.4. The van der Waals surface area contributed by atoms with Crippen LogP contribution in [0.2, 0.25) is 0 Å². The molecule has 0 unspecified atom stereocenters. The standard InChI is InChI=1S/C10H4F2N2O/c11-8-2-1-6(3-9(8)12)10(15)7(4-13)5-14/h1-3,7H. The lowest BCUT2D eigenvalue weighted by atomic mass is 10.0. The minimum Gasteiger partial charge on any atom is -0.291 e. The van der Waals surface area contributed by atoms with Gasteiger partial charge in [-0.2, -0.15) is 10.5 Å². The van der Waals surface area contributed by atoms with E-state index in [1.165, 1.54) is 12.1 Å². The molecule has 74 valence electrons. The first kappa shape index (κ1) is 10.8. The molecular weight excluding hydrogens is 202 g/mol. The summed E-state index contributed by atoms with van der Waals surface area (Å²) in [5.74, 6) is -4.60. The molecule has 0 N–H and O–H groups in total. The number of nitrogens with zero attached hydrogens (tertiary/aromatic N) is 2. The highest BCUT2D eigenvalue weighted by molar-refractivity contribution is 6.00. The van der Waals surface area contributed by atoms with E-state index in [1.54, 1.807) is 0 Å². The molecule has 1 aromatic carbocycles. The van der Waals surface area contributed by atoms with Crippen molar-refractivity contribution in [2.75, 3.05) is 0 Å². The maximum Gasteiger partial charge on any atom is 0.195 e. The minimum atomic E-state index is -1.49. The van der Waals surface area contributed by atoms with Gasteiger partial charge in [0.1, 0.15) is 0 Å². The molecule has 3 nitrogen and oxygen atoms in total. The van der Waals surface area contributed by atoms with Gasteiger partial charge in [0.05, 0.1) is 12.1 Å². The number of hydrogen-bond acceptors (Lipinski definition) is 3. The SMILES string of the molecule is N#CC(C#N)C(=O)c1ccc(F)c(F)c1. The molecule has 0 heterocycles. The van der Waals surface area contributed by atoms with E-state index in [4.69, 9.17) is 10.5 Å². The minimum absolute atomic E-state index is 0.193. The van der Waals surface area contributed by atoms with Crippen LogP contribution in [0.4, 0.5) is 8.78 Å². The van der Waals surface area contributed by atoms with Crippen molar-refractivity contribution in [3.63, 3.8) is 0 Å². The maximum atomic E-state index is 12.7. The smallest absolute Gasteiger partial charge is 0.195 e. The summed E-state index contributed by atoms with van der Waals surface area (Å²) in [5.41, 5.74) is -0.193. The number of carbonyl (C=O) groups excluding carboxylic acids is 1. The van der Waals surface area contributed by atoms with Crippen molar-refractivity contribution in [3.8, 4) is 12.1 Å². The van der Waals surface area contributed by atoms with Gasteiger partial charge in [0.25, 0.3) is 0 Å². The zero-order valence-electron chi connectivity index (χ0n) is 7.37. The molecule has 15 heavy (non-hydrogen) atoms. The van der Waals surface area contributed by atoms with E-state index in [9.17, 15) is 13.6 Å². The van der Waals surface area contributed by atoms with Gasteiger partial charge in [-0.05, 0) is 18.2 Å². The lowest BCUT2D eigenvalue weighted by Crippen LogP contribution is -2.11. The molecular formula is C10H4F2N2O. The number of rotatable bonds is 2. The fourth-order valence-corrected chi connectivity index (χ4v) is 0.962. The number of ketones is 1.